The van der Waals surface area contributed by atoms with Gasteiger partial charge >= 0.3 is 6.18 Å². The number of rotatable bonds is 3. The summed E-state index contributed by atoms with van der Waals surface area (Å²) in [4.78, 5) is 4.62. The van der Waals surface area contributed by atoms with E-state index in [1.54, 1.807) is 6.21 Å². The van der Waals surface area contributed by atoms with Gasteiger partial charge in [0.05, 0.1) is 29.7 Å². The molecule has 0 amide bonds. The number of hydrazone groups is 1. The summed E-state index contributed by atoms with van der Waals surface area (Å²) in [7, 11) is 0. The number of fused-ring (bicyclic) bond motifs is 1. The molecule has 0 saturated carbocycles. The van der Waals surface area contributed by atoms with Crippen LogP contribution >= 0.6 is 0 Å². The quantitative estimate of drug-likeness (QED) is 0.869. The van der Waals surface area contributed by atoms with Gasteiger partial charge in [-0.25, -0.2) is 4.98 Å². The minimum absolute atomic E-state index is 0.00749. The second-order valence-corrected chi connectivity index (χ2v) is 6.11. The van der Waals surface area contributed by atoms with Crippen LogP contribution in [0.15, 0.2) is 17.4 Å². The third-order valence-corrected chi connectivity index (χ3v) is 4.37. The van der Waals surface area contributed by atoms with Crippen molar-refractivity contribution in [2.45, 2.75) is 39.3 Å². The predicted octanol–water partition coefficient (Wildman–Crippen LogP) is 3.90. The Kier molecular flexibility index (Phi) is 5.11. The van der Waals surface area contributed by atoms with Gasteiger partial charge in [0.25, 0.3) is 0 Å². The van der Waals surface area contributed by atoms with Crippen LogP contribution in [0.3, 0.4) is 0 Å². The van der Waals surface area contributed by atoms with Gasteiger partial charge in [0, 0.05) is 12.6 Å². The van der Waals surface area contributed by atoms with E-state index in [0.29, 0.717) is 30.8 Å². The molecule has 0 fully saturated rings. The zero-order chi connectivity index (χ0) is 18.7. The van der Waals surface area contributed by atoms with Gasteiger partial charge in [0.2, 0.25) is 0 Å². The van der Waals surface area contributed by atoms with E-state index in [-0.39, 0.29) is 5.56 Å². The highest BCUT2D eigenvalue weighted by Crippen LogP contribution is 2.38. The number of alkyl halides is 3. The van der Waals surface area contributed by atoms with Crippen molar-refractivity contribution in [2.75, 3.05) is 6.54 Å². The average molecular weight is 363 g/mol. The summed E-state index contributed by atoms with van der Waals surface area (Å²) in [6.07, 6.45) is 4.15. The molecule has 1 aliphatic heterocycles. The summed E-state index contributed by atoms with van der Waals surface area (Å²) in [5.41, 5.74) is 5.79. The van der Waals surface area contributed by atoms with Crippen molar-refractivity contribution in [3.8, 4) is 11.3 Å². The molecule has 2 aromatic heterocycles. The maximum absolute atomic E-state index is 13.4. The van der Waals surface area contributed by atoms with E-state index >= 15 is 0 Å². The number of hydrogen-bond donors (Lipinski definition) is 2. The van der Waals surface area contributed by atoms with Crippen molar-refractivity contribution in [1.82, 2.24) is 20.6 Å². The molecule has 0 bridgehead atoms. The normalized spacial score (nSPS) is 15.6. The van der Waals surface area contributed by atoms with E-state index < -0.39 is 11.9 Å². The number of H-pyrrole nitrogens is 1. The Morgan fingerprint density at radius 1 is 1.27 bits per heavy atom. The van der Waals surface area contributed by atoms with Crippen LogP contribution in [0.5, 0.6) is 0 Å². The van der Waals surface area contributed by atoms with Crippen LogP contribution in [0, 0.1) is 6.92 Å². The molecule has 0 aliphatic carbocycles. The molecular formula is C18H20F3N5. The molecule has 26 heavy (non-hydrogen) atoms. The molecule has 0 radical (unpaired) electrons. The zero-order valence-corrected chi connectivity index (χ0v) is 14.6. The van der Waals surface area contributed by atoms with E-state index in [1.165, 1.54) is 6.20 Å². The van der Waals surface area contributed by atoms with Gasteiger partial charge in [0.15, 0.2) is 0 Å². The van der Waals surface area contributed by atoms with E-state index in [0.717, 1.165) is 23.1 Å². The van der Waals surface area contributed by atoms with Gasteiger partial charge in [-0.1, -0.05) is 19.4 Å². The summed E-state index contributed by atoms with van der Waals surface area (Å²) < 4.78 is 40.1. The van der Waals surface area contributed by atoms with Crippen molar-refractivity contribution in [3.05, 3.63) is 40.4 Å². The lowest BCUT2D eigenvalue weighted by atomic mass is 9.92. The lowest BCUT2D eigenvalue weighted by Crippen LogP contribution is -2.11. The Labute approximate surface area is 149 Å². The Morgan fingerprint density at radius 2 is 2.08 bits per heavy atom. The van der Waals surface area contributed by atoms with Crippen LogP contribution in [-0.2, 0) is 19.0 Å². The highest BCUT2D eigenvalue weighted by atomic mass is 19.4. The summed E-state index contributed by atoms with van der Waals surface area (Å²) in [5.74, 6) is 0. The molecule has 3 heterocycles. The first-order valence-electron chi connectivity index (χ1n) is 8.47. The summed E-state index contributed by atoms with van der Waals surface area (Å²) in [6.45, 7) is 4.47. The number of aromatic nitrogens is 3. The van der Waals surface area contributed by atoms with Crippen molar-refractivity contribution in [2.24, 2.45) is 5.10 Å². The minimum atomic E-state index is -4.51. The second kappa shape index (κ2) is 7.31. The molecule has 8 heteroatoms. The van der Waals surface area contributed by atoms with E-state index in [9.17, 15) is 13.2 Å². The smallest absolute Gasteiger partial charge is 0.307 e. The van der Waals surface area contributed by atoms with Gasteiger partial charge in [-0.05, 0) is 36.1 Å². The maximum Gasteiger partial charge on any atom is 0.433 e. The number of nitrogens with one attached hydrogen (secondary N) is 2. The van der Waals surface area contributed by atoms with E-state index in [2.05, 4.69) is 25.7 Å². The Bertz CT molecular complexity index is 849. The van der Waals surface area contributed by atoms with Crippen LogP contribution in [-0.4, -0.2) is 27.9 Å². The van der Waals surface area contributed by atoms with Crippen molar-refractivity contribution in [3.63, 3.8) is 0 Å². The molecule has 0 saturated heterocycles. The Morgan fingerprint density at radius 3 is 2.81 bits per heavy atom. The molecule has 138 valence electrons. The van der Waals surface area contributed by atoms with Crippen molar-refractivity contribution < 1.29 is 13.2 Å². The van der Waals surface area contributed by atoms with E-state index in [1.807, 2.05) is 26.0 Å². The molecule has 0 spiro atoms. The highest BCUT2D eigenvalue weighted by molar-refractivity contribution is 5.73. The van der Waals surface area contributed by atoms with Crippen LogP contribution in [0.2, 0.25) is 0 Å². The van der Waals surface area contributed by atoms with Crippen LogP contribution in [0.25, 0.3) is 17.3 Å². The van der Waals surface area contributed by atoms with Crippen LogP contribution in [0.4, 0.5) is 13.2 Å². The maximum atomic E-state index is 13.4. The average Bonchev–Trinajstić information content (AvgIpc) is 3.10. The van der Waals surface area contributed by atoms with Gasteiger partial charge in [0.1, 0.15) is 5.69 Å². The lowest BCUT2D eigenvalue weighted by molar-refractivity contribution is -0.140. The summed E-state index contributed by atoms with van der Waals surface area (Å²) >= 11 is 0. The predicted molar refractivity (Wildman–Crippen MR) is 94.8 cm³/mol. The van der Waals surface area contributed by atoms with Crippen molar-refractivity contribution in [1.29, 1.82) is 0 Å². The molecule has 0 aromatic carbocycles. The zero-order valence-electron chi connectivity index (χ0n) is 14.6. The van der Waals surface area contributed by atoms with Crippen molar-refractivity contribution >= 4 is 12.3 Å². The number of nitrogens with zero attached hydrogens (tertiary/aromatic N) is 3. The number of pyridine rings is 1. The van der Waals surface area contributed by atoms with Crippen LogP contribution in [0.1, 0.15) is 41.4 Å². The number of hydrogen-bond acceptors (Lipinski definition) is 4. The Hall–Kier alpha value is -2.64. The standard InChI is InChI=1S/C18H20F3N5/c1-3-5-13-11(2)12-7-9-23-22-8-4-6-15(12)25-16(13)14-10-24-26-17(14)18(19,20)21/h4,6,9-10,22H,3,5,7-8H2,1-2H3,(H,24,26)/b6-4?,23-9-. The minimum Gasteiger partial charge on any atom is -0.307 e. The lowest BCUT2D eigenvalue weighted by Gasteiger charge is -2.18. The number of aromatic amines is 1. The fourth-order valence-electron chi connectivity index (χ4n) is 3.14. The topological polar surface area (TPSA) is 66.0 Å². The third kappa shape index (κ3) is 3.49. The fourth-order valence-corrected chi connectivity index (χ4v) is 3.14. The molecule has 3 rings (SSSR count). The number of halogens is 3. The van der Waals surface area contributed by atoms with Gasteiger partial charge in [-0.3, -0.25) is 5.10 Å². The summed E-state index contributed by atoms with van der Waals surface area (Å²) in [6, 6.07) is 0. The summed E-state index contributed by atoms with van der Waals surface area (Å²) in [5, 5.41) is 9.81. The molecule has 2 aromatic rings. The Balaban J connectivity index is 2.26. The molecule has 5 nitrogen and oxygen atoms in total. The molecule has 2 N–H and O–H groups in total. The van der Waals surface area contributed by atoms with E-state index in [4.69, 9.17) is 0 Å². The monoisotopic (exact) mass is 363 g/mol. The SMILES string of the molecule is CCCc1c(-c2cn[nH]c2C(F)(F)F)nc2c(c1C)C/C=N\NCC=C2. The second-order valence-electron chi connectivity index (χ2n) is 6.11. The molecular weight excluding hydrogens is 343 g/mol. The van der Waals surface area contributed by atoms with Gasteiger partial charge in [-0.15, -0.1) is 0 Å². The molecule has 1 aliphatic rings. The first-order valence-corrected chi connectivity index (χ1v) is 8.47. The molecule has 0 atom stereocenters. The third-order valence-electron chi connectivity index (χ3n) is 4.37. The fraction of sp³-hybridized carbons (Fsp3) is 0.389. The van der Waals surface area contributed by atoms with Crippen LogP contribution < -0.4 is 5.43 Å². The highest BCUT2D eigenvalue weighted by Gasteiger charge is 2.37. The first kappa shape index (κ1) is 18.2. The van der Waals surface area contributed by atoms with Gasteiger partial charge < -0.3 is 5.43 Å². The first-order chi connectivity index (χ1) is 12.4. The van der Waals surface area contributed by atoms with Gasteiger partial charge in [-0.2, -0.15) is 23.4 Å². The molecule has 0 unspecified atom stereocenters. The largest absolute Gasteiger partial charge is 0.433 e.